The second-order valence-electron chi connectivity index (χ2n) is 4.32. The van der Waals surface area contributed by atoms with Crippen molar-refractivity contribution in [2.75, 3.05) is 0 Å². The molecule has 0 heterocycles. The highest BCUT2D eigenvalue weighted by molar-refractivity contribution is 9.25. The molecule has 1 N–H and O–H groups in total. The van der Waals surface area contributed by atoms with Crippen LogP contribution >= 0.6 is 31.9 Å². The molecule has 0 aliphatic heterocycles. The van der Waals surface area contributed by atoms with Crippen molar-refractivity contribution in [3.05, 3.63) is 0 Å². The summed E-state index contributed by atoms with van der Waals surface area (Å²) >= 11 is 7.29. The number of carbonyl (C=O) groups is 1. The number of hydrogen-bond donors (Lipinski definition) is 1. The normalized spacial score (nSPS) is 27.7. The minimum atomic E-state index is -0.690. The summed E-state index contributed by atoms with van der Waals surface area (Å²) in [6, 6.07) is 0. The lowest BCUT2D eigenvalue weighted by molar-refractivity contribution is -0.137. The van der Waals surface area contributed by atoms with Gasteiger partial charge in [0, 0.05) is 6.42 Å². The molecule has 2 unspecified atom stereocenters. The molecule has 0 aromatic carbocycles. The Labute approximate surface area is 108 Å². The number of alkyl halides is 2. The Morgan fingerprint density at radius 2 is 1.87 bits per heavy atom. The first-order valence-electron chi connectivity index (χ1n) is 5.59. The summed E-state index contributed by atoms with van der Waals surface area (Å²) < 4.78 is 0.0309. The van der Waals surface area contributed by atoms with Crippen molar-refractivity contribution < 1.29 is 9.90 Å². The quantitative estimate of drug-likeness (QED) is 0.557. The van der Waals surface area contributed by atoms with Gasteiger partial charge < -0.3 is 5.11 Å². The molecule has 0 spiro atoms. The van der Waals surface area contributed by atoms with Gasteiger partial charge in [-0.15, -0.1) is 0 Å². The zero-order valence-corrected chi connectivity index (χ0v) is 12.2. The van der Waals surface area contributed by atoms with Crippen molar-refractivity contribution in [3.63, 3.8) is 0 Å². The minimum absolute atomic E-state index is 0.0309. The van der Waals surface area contributed by atoms with Crippen molar-refractivity contribution in [2.45, 2.75) is 48.7 Å². The zero-order valence-electron chi connectivity index (χ0n) is 9.01. The maximum absolute atomic E-state index is 10.5. The smallest absolute Gasteiger partial charge is 0.303 e. The molecule has 0 aromatic rings. The van der Waals surface area contributed by atoms with Crippen molar-refractivity contribution >= 4 is 37.8 Å². The second-order valence-corrected chi connectivity index (χ2v) is 8.00. The Bertz CT molecular complexity index is 229. The average Bonchev–Trinajstić information content (AvgIpc) is 2.65. The van der Waals surface area contributed by atoms with E-state index in [1.54, 1.807) is 0 Å². The van der Waals surface area contributed by atoms with E-state index >= 15 is 0 Å². The zero-order chi connectivity index (χ0) is 11.5. The van der Waals surface area contributed by atoms with Crippen molar-refractivity contribution in [3.8, 4) is 0 Å². The number of rotatable bonds is 7. The van der Waals surface area contributed by atoms with E-state index in [4.69, 9.17) is 5.11 Å². The van der Waals surface area contributed by atoms with Gasteiger partial charge >= 0.3 is 5.97 Å². The molecule has 0 amide bonds. The van der Waals surface area contributed by atoms with E-state index in [0.717, 1.165) is 6.42 Å². The highest BCUT2D eigenvalue weighted by Gasteiger charge is 2.60. The standard InChI is InChI=1S/C11H18Br2O2/c1-2-3-4-5-8-9(11(8,12)13)6-7-10(14)15/h8-9H,2-7H2,1H3,(H,14,15). The average molecular weight is 342 g/mol. The molecular formula is C11H18Br2O2. The van der Waals surface area contributed by atoms with E-state index in [9.17, 15) is 4.79 Å². The van der Waals surface area contributed by atoms with Gasteiger partial charge in [-0.05, 0) is 24.7 Å². The molecule has 0 radical (unpaired) electrons. The first kappa shape index (κ1) is 13.5. The largest absolute Gasteiger partial charge is 0.481 e. The summed E-state index contributed by atoms with van der Waals surface area (Å²) in [4.78, 5) is 10.5. The maximum atomic E-state index is 10.5. The summed E-state index contributed by atoms with van der Waals surface area (Å²) in [6.07, 6.45) is 6.04. The second kappa shape index (κ2) is 5.67. The number of carboxylic acids is 1. The van der Waals surface area contributed by atoms with E-state index < -0.39 is 5.97 Å². The number of halogens is 2. The first-order chi connectivity index (χ1) is 7.00. The van der Waals surface area contributed by atoms with Gasteiger partial charge in [-0.1, -0.05) is 58.0 Å². The van der Waals surface area contributed by atoms with Gasteiger partial charge in [0.25, 0.3) is 0 Å². The van der Waals surface area contributed by atoms with Gasteiger partial charge in [0.05, 0.1) is 3.23 Å². The SMILES string of the molecule is CCCCCC1C(CCC(=O)O)C1(Br)Br. The Morgan fingerprint density at radius 1 is 1.27 bits per heavy atom. The molecule has 1 rings (SSSR count). The Balaban J connectivity index is 2.25. The van der Waals surface area contributed by atoms with Crippen LogP contribution in [0.5, 0.6) is 0 Å². The molecule has 88 valence electrons. The molecule has 1 saturated carbocycles. The molecule has 0 saturated heterocycles. The third-order valence-electron chi connectivity index (χ3n) is 3.15. The Hall–Kier alpha value is 0.430. The first-order valence-corrected chi connectivity index (χ1v) is 7.18. The Morgan fingerprint density at radius 3 is 2.40 bits per heavy atom. The fourth-order valence-corrected chi connectivity index (χ4v) is 4.07. The van der Waals surface area contributed by atoms with Crippen LogP contribution in [-0.2, 0) is 4.79 Å². The number of aliphatic carboxylic acids is 1. The van der Waals surface area contributed by atoms with Crippen LogP contribution in [0.1, 0.15) is 45.4 Å². The number of hydrogen-bond acceptors (Lipinski definition) is 1. The summed E-state index contributed by atoms with van der Waals surface area (Å²) in [6.45, 7) is 2.20. The topological polar surface area (TPSA) is 37.3 Å². The number of carboxylic acid groups (broad SMARTS) is 1. The summed E-state index contributed by atoms with van der Waals surface area (Å²) in [5, 5.41) is 8.63. The van der Waals surface area contributed by atoms with Crippen molar-refractivity contribution in [1.82, 2.24) is 0 Å². The van der Waals surface area contributed by atoms with Crippen LogP contribution < -0.4 is 0 Å². The fraction of sp³-hybridized carbons (Fsp3) is 0.909. The molecule has 0 aromatic heterocycles. The molecule has 2 nitrogen and oxygen atoms in total. The summed E-state index contributed by atoms with van der Waals surface area (Å²) in [5.74, 6) is 0.416. The van der Waals surface area contributed by atoms with Crippen LogP contribution in [0, 0.1) is 11.8 Å². The molecule has 1 fully saturated rings. The van der Waals surface area contributed by atoms with E-state index in [1.165, 1.54) is 25.7 Å². The maximum Gasteiger partial charge on any atom is 0.303 e. The minimum Gasteiger partial charge on any atom is -0.481 e. The molecule has 0 bridgehead atoms. The van der Waals surface area contributed by atoms with Gasteiger partial charge in [0.1, 0.15) is 0 Å². The number of unbranched alkanes of at least 4 members (excludes halogenated alkanes) is 2. The van der Waals surface area contributed by atoms with Gasteiger partial charge in [-0.25, -0.2) is 0 Å². The van der Waals surface area contributed by atoms with E-state index in [0.29, 0.717) is 11.8 Å². The highest BCUT2D eigenvalue weighted by atomic mass is 79.9. The van der Waals surface area contributed by atoms with Gasteiger partial charge in [-0.3, -0.25) is 4.79 Å². The molecule has 4 heteroatoms. The van der Waals surface area contributed by atoms with Crippen molar-refractivity contribution in [2.24, 2.45) is 11.8 Å². The van der Waals surface area contributed by atoms with Crippen LogP contribution in [0.3, 0.4) is 0 Å². The van der Waals surface area contributed by atoms with Crippen molar-refractivity contribution in [1.29, 1.82) is 0 Å². The molecule has 1 aliphatic rings. The Kier molecular flexibility index (Phi) is 5.10. The molecule has 15 heavy (non-hydrogen) atoms. The lowest BCUT2D eigenvalue weighted by atomic mass is 10.1. The third kappa shape index (κ3) is 3.74. The predicted molar refractivity (Wildman–Crippen MR) is 68.6 cm³/mol. The molecule has 1 aliphatic carbocycles. The fourth-order valence-electron chi connectivity index (χ4n) is 2.14. The van der Waals surface area contributed by atoms with Crippen LogP contribution in [0.4, 0.5) is 0 Å². The highest BCUT2D eigenvalue weighted by Crippen LogP contribution is 2.65. The van der Waals surface area contributed by atoms with Crippen LogP contribution in [-0.4, -0.2) is 14.3 Å². The van der Waals surface area contributed by atoms with Crippen LogP contribution in [0.2, 0.25) is 0 Å². The van der Waals surface area contributed by atoms with Gasteiger partial charge in [0.15, 0.2) is 0 Å². The lowest BCUT2D eigenvalue weighted by Crippen LogP contribution is -1.97. The summed E-state index contributed by atoms with van der Waals surface area (Å²) in [5.41, 5.74) is 0. The lowest BCUT2D eigenvalue weighted by Gasteiger charge is -1.98. The van der Waals surface area contributed by atoms with Crippen LogP contribution in [0.15, 0.2) is 0 Å². The summed E-state index contributed by atoms with van der Waals surface area (Å²) in [7, 11) is 0. The van der Waals surface area contributed by atoms with E-state index in [2.05, 4.69) is 38.8 Å². The predicted octanol–water partition coefficient (Wildman–Crippen LogP) is 4.16. The van der Waals surface area contributed by atoms with Gasteiger partial charge in [-0.2, -0.15) is 0 Å². The molecule has 2 atom stereocenters. The van der Waals surface area contributed by atoms with E-state index in [1.807, 2.05) is 0 Å². The monoisotopic (exact) mass is 340 g/mol. The van der Waals surface area contributed by atoms with Gasteiger partial charge in [0.2, 0.25) is 0 Å². The third-order valence-corrected chi connectivity index (χ3v) is 5.51. The van der Waals surface area contributed by atoms with Crippen LogP contribution in [0.25, 0.3) is 0 Å². The molecular weight excluding hydrogens is 324 g/mol. The van der Waals surface area contributed by atoms with E-state index in [-0.39, 0.29) is 9.65 Å².